The zero-order valence-corrected chi connectivity index (χ0v) is 18.8. The third-order valence-corrected chi connectivity index (χ3v) is 6.74. The molecule has 9 nitrogen and oxygen atoms in total. The van der Waals surface area contributed by atoms with Gasteiger partial charge in [0.25, 0.3) is 17.7 Å². The number of carbonyl (C=O) groups is 5. The van der Waals surface area contributed by atoms with Crippen molar-refractivity contribution in [3.8, 4) is 0 Å². The fraction of sp³-hybridized carbons (Fsp3) is 0.320. The molecule has 35 heavy (non-hydrogen) atoms. The summed E-state index contributed by atoms with van der Waals surface area (Å²) in [4.78, 5) is 65.6. The van der Waals surface area contributed by atoms with Gasteiger partial charge in [0.05, 0.1) is 22.4 Å². The van der Waals surface area contributed by atoms with Crippen LogP contribution in [-0.2, 0) is 9.59 Å². The van der Waals surface area contributed by atoms with Crippen molar-refractivity contribution in [2.24, 2.45) is 0 Å². The quantitative estimate of drug-likeness (QED) is 0.646. The number of hydrogen-bond donors (Lipinski definition) is 2. The van der Waals surface area contributed by atoms with Crippen LogP contribution in [0.15, 0.2) is 42.5 Å². The molecule has 3 heterocycles. The first-order valence-corrected chi connectivity index (χ1v) is 11.5. The molecule has 2 aromatic carbocycles. The molecule has 5 amide bonds. The van der Waals surface area contributed by atoms with Crippen LogP contribution in [0, 0.1) is 5.82 Å². The van der Waals surface area contributed by atoms with E-state index in [0.29, 0.717) is 31.6 Å². The molecule has 0 aromatic heterocycles. The van der Waals surface area contributed by atoms with E-state index in [1.807, 2.05) is 4.90 Å². The van der Waals surface area contributed by atoms with Crippen LogP contribution in [0.3, 0.4) is 0 Å². The molecule has 2 aromatic rings. The highest BCUT2D eigenvalue weighted by Crippen LogP contribution is 2.35. The van der Waals surface area contributed by atoms with Crippen LogP contribution in [0.25, 0.3) is 0 Å². The summed E-state index contributed by atoms with van der Waals surface area (Å²) in [6.07, 6.45) is 1.30. The summed E-state index contributed by atoms with van der Waals surface area (Å²) < 4.78 is 13.9. The van der Waals surface area contributed by atoms with Crippen molar-refractivity contribution in [1.29, 1.82) is 0 Å². The van der Waals surface area contributed by atoms with Crippen molar-refractivity contribution in [2.75, 3.05) is 18.0 Å². The first kappa shape index (κ1) is 22.7. The van der Waals surface area contributed by atoms with Crippen molar-refractivity contribution in [3.05, 3.63) is 65.0 Å². The lowest BCUT2D eigenvalue weighted by Crippen LogP contribution is -2.54. The molecule has 0 radical (unpaired) electrons. The number of hydrogen-bond acceptors (Lipinski definition) is 6. The Balaban J connectivity index is 1.30. The van der Waals surface area contributed by atoms with Gasteiger partial charge in [-0.25, -0.2) is 4.39 Å². The average molecular weight is 478 g/mol. The minimum Gasteiger partial charge on any atom is -0.371 e. The Kier molecular flexibility index (Phi) is 5.80. The largest absolute Gasteiger partial charge is 0.371 e. The lowest BCUT2D eigenvalue weighted by atomic mass is 10.0. The van der Waals surface area contributed by atoms with Gasteiger partial charge in [0.15, 0.2) is 0 Å². The van der Waals surface area contributed by atoms with Gasteiger partial charge in [-0.1, -0.05) is 18.2 Å². The fourth-order valence-electron chi connectivity index (χ4n) is 4.93. The lowest BCUT2D eigenvalue weighted by Gasteiger charge is -2.35. The molecule has 1 atom stereocenters. The molecular weight excluding hydrogens is 455 g/mol. The number of nitrogens with one attached hydrogen (secondary N) is 2. The predicted octanol–water partition coefficient (Wildman–Crippen LogP) is 1.63. The number of rotatable bonds is 4. The second-order valence-corrected chi connectivity index (χ2v) is 8.86. The van der Waals surface area contributed by atoms with E-state index in [2.05, 4.69) is 10.6 Å². The third-order valence-electron chi connectivity index (χ3n) is 6.74. The summed E-state index contributed by atoms with van der Waals surface area (Å²) >= 11 is 0. The highest BCUT2D eigenvalue weighted by molar-refractivity contribution is 6.25. The number of piperidine rings is 2. The molecule has 10 heteroatoms. The maximum absolute atomic E-state index is 13.9. The first-order valence-electron chi connectivity index (χ1n) is 11.5. The van der Waals surface area contributed by atoms with Crippen molar-refractivity contribution in [2.45, 2.75) is 37.8 Å². The summed E-state index contributed by atoms with van der Waals surface area (Å²) in [6, 6.07) is 9.64. The van der Waals surface area contributed by atoms with Gasteiger partial charge in [-0.05, 0) is 43.5 Å². The predicted molar refractivity (Wildman–Crippen MR) is 122 cm³/mol. The minimum atomic E-state index is -1.02. The second-order valence-electron chi connectivity index (χ2n) is 8.86. The number of amides is 5. The van der Waals surface area contributed by atoms with E-state index in [4.69, 9.17) is 0 Å². The molecule has 0 bridgehead atoms. The molecule has 1 unspecified atom stereocenters. The zero-order chi connectivity index (χ0) is 24.7. The van der Waals surface area contributed by atoms with Crippen LogP contribution in [-0.4, -0.2) is 59.6 Å². The maximum Gasteiger partial charge on any atom is 0.264 e. The summed E-state index contributed by atoms with van der Waals surface area (Å²) in [5.74, 6) is -3.22. The highest BCUT2D eigenvalue weighted by atomic mass is 19.1. The summed E-state index contributed by atoms with van der Waals surface area (Å²) in [5.41, 5.74) is 1.06. The molecule has 3 aliphatic heterocycles. The summed E-state index contributed by atoms with van der Waals surface area (Å²) in [5, 5.41) is 5.06. The van der Waals surface area contributed by atoms with E-state index >= 15 is 0 Å². The van der Waals surface area contributed by atoms with Gasteiger partial charge in [0.1, 0.15) is 11.9 Å². The Bertz CT molecular complexity index is 1250. The van der Waals surface area contributed by atoms with Crippen LogP contribution in [0.4, 0.5) is 10.1 Å². The Morgan fingerprint density at radius 1 is 0.943 bits per heavy atom. The van der Waals surface area contributed by atoms with Gasteiger partial charge < -0.3 is 10.2 Å². The minimum absolute atomic E-state index is 0.00606. The fourth-order valence-corrected chi connectivity index (χ4v) is 4.93. The van der Waals surface area contributed by atoms with Gasteiger partial charge in [0.2, 0.25) is 11.8 Å². The summed E-state index contributed by atoms with van der Waals surface area (Å²) in [6.45, 7) is 1.02. The second kappa shape index (κ2) is 8.94. The Morgan fingerprint density at radius 2 is 1.69 bits per heavy atom. The van der Waals surface area contributed by atoms with Crippen molar-refractivity contribution >= 4 is 35.2 Å². The number of benzene rings is 2. The molecule has 0 aliphatic carbocycles. The van der Waals surface area contributed by atoms with Gasteiger partial charge in [-0.15, -0.1) is 0 Å². The van der Waals surface area contributed by atoms with Crippen LogP contribution >= 0.6 is 0 Å². The van der Waals surface area contributed by atoms with E-state index < -0.39 is 41.4 Å². The highest BCUT2D eigenvalue weighted by Gasteiger charge is 2.46. The third kappa shape index (κ3) is 4.05. The first-order chi connectivity index (χ1) is 16.8. The van der Waals surface area contributed by atoms with E-state index in [1.54, 1.807) is 24.3 Å². The number of imide groups is 2. The molecule has 2 saturated heterocycles. The smallest absolute Gasteiger partial charge is 0.264 e. The molecular formula is C25H23FN4O5. The van der Waals surface area contributed by atoms with E-state index in [9.17, 15) is 28.4 Å². The number of fused-ring (bicyclic) bond motifs is 1. The van der Waals surface area contributed by atoms with Crippen molar-refractivity contribution < 1.29 is 28.4 Å². The zero-order valence-electron chi connectivity index (χ0n) is 18.8. The number of halogens is 1. The van der Waals surface area contributed by atoms with Gasteiger partial charge in [0, 0.05) is 25.6 Å². The van der Waals surface area contributed by atoms with Crippen LogP contribution < -0.4 is 15.5 Å². The summed E-state index contributed by atoms with van der Waals surface area (Å²) in [7, 11) is 0. The lowest BCUT2D eigenvalue weighted by molar-refractivity contribution is -0.136. The molecule has 180 valence electrons. The van der Waals surface area contributed by atoms with Crippen LogP contribution in [0.2, 0.25) is 0 Å². The Labute approximate surface area is 200 Å². The molecule has 0 spiro atoms. The normalized spacial score (nSPS) is 20.7. The Hall–Kier alpha value is -4.08. The standard InChI is InChI=1S/C25H23FN4O5/c26-17-6-2-1-4-15(17)22(32)27-14-10-12-29(13-11-14)18-7-3-5-16-21(18)25(35)30(24(16)34)19-8-9-20(31)28-23(19)33/h1-7,14,19H,8-13H2,(H,27,32)(H,28,31,33). The Morgan fingerprint density at radius 3 is 2.40 bits per heavy atom. The van der Waals surface area contributed by atoms with Crippen molar-refractivity contribution in [1.82, 2.24) is 15.5 Å². The van der Waals surface area contributed by atoms with Crippen molar-refractivity contribution in [3.63, 3.8) is 0 Å². The van der Waals surface area contributed by atoms with E-state index in [1.165, 1.54) is 18.2 Å². The topological polar surface area (TPSA) is 116 Å². The van der Waals surface area contributed by atoms with E-state index in [0.717, 1.165) is 4.90 Å². The van der Waals surface area contributed by atoms with E-state index in [-0.39, 0.29) is 35.6 Å². The molecule has 3 aliphatic rings. The number of anilines is 1. The number of carbonyl (C=O) groups excluding carboxylic acids is 5. The van der Waals surface area contributed by atoms with Crippen LogP contribution in [0.1, 0.15) is 56.8 Å². The number of nitrogens with zero attached hydrogens (tertiary/aromatic N) is 2. The van der Waals surface area contributed by atoms with Crippen LogP contribution in [0.5, 0.6) is 0 Å². The molecule has 0 saturated carbocycles. The molecule has 2 N–H and O–H groups in total. The monoisotopic (exact) mass is 478 g/mol. The SMILES string of the molecule is O=C1CCC(N2C(=O)c3cccc(N4CCC(NC(=O)c5ccccc5F)CC4)c3C2=O)C(=O)N1. The molecule has 5 rings (SSSR count). The average Bonchev–Trinajstić information content (AvgIpc) is 3.10. The van der Waals surface area contributed by atoms with Gasteiger partial charge in [-0.3, -0.25) is 34.2 Å². The van der Waals surface area contributed by atoms with Gasteiger partial charge >= 0.3 is 0 Å². The van der Waals surface area contributed by atoms with Gasteiger partial charge in [-0.2, -0.15) is 0 Å². The maximum atomic E-state index is 13.9. The molecule has 2 fully saturated rings.